The molecule has 4 nitrogen and oxygen atoms in total. The standard InChI is InChI=1S/C16H22N2O2S/c1-6-11-14(16(2,3)17)21-15(18-11)10-7-8-12(19-4)13(9-10)20-5/h7-9H,6,17H2,1-5H3. The Morgan fingerprint density at radius 2 is 1.86 bits per heavy atom. The third kappa shape index (κ3) is 3.19. The van der Waals surface area contributed by atoms with Crippen LogP contribution in [-0.4, -0.2) is 19.2 Å². The van der Waals surface area contributed by atoms with Gasteiger partial charge in [0.25, 0.3) is 0 Å². The van der Waals surface area contributed by atoms with Crippen molar-refractivity contribution < 1.29 is 9.47 Å². The molecule has 5 heteroatoms. The third-order valence-corrected chi connectivity index (χ3v) is 4.73. The first-order chi connectivity index (χ1) is 9.90. The summed E-state index contributed by atoms with van der Waals surface area (Å²) in [5, 5.41) is 0.960. The fourth-order valence-electron chi connectivity index (χ4n) is 2.19. The van der Waals surface area contributed by atoms with E-state index in [1.54, 1.807) is 25.6 Å². The number of hydrogen-bond acceptors (Lipinski definition) is 5. The molecule has 2 rings (SSSR count). The zero-order valence-corrected chi connectivity index (χ0v) is 14.0. The van der Waals surface area contributed by atoms with E-state index in [9.17, 15) is 0 Å². The van der Waals surface area contributed by atoms with Crippen molar-refractivity contribution in [3.8, 4) is 22.1 Å². The molecule has 0 atom stereocenters. The molecule has 1 heterocycles. The molecule has 0 amide bonds. The van der Waals surface area contributed by atoms with E-state index in [4.69, 9.17) is 20.2 Å². The SMILES string of the molecule is CCc1nc(-c2ccc(OC)c(OC)c2)sc1C(C)(C)N. The maximum Gasteiger partial charge on any atom is 0.161 e. The summed E-state index contributed by atoms with van der Waals surface area (Å²) in [4.78, 5) is 5.87. The second-order valence-corrected chi connectivity index (χ2v) is 6.44. The molecule has 0 aliphatic rings. The first-order valence-corrected chi connectivity index (χ1v) is 7.73. The Morgan fingerprint density at radius 1 is 1.19 bits per heavy atom. The number of ether oxygens (including phenoxy) is 2. The van der Waals surface area contributed by atoms with E-state index >= 15 is 0 Å². The Labute approximate surface area is 129 Å². The highest BCUT2D eigenvalue weighted by atomic mass is 32.1. The topological polar surface area (TPSA) is 57.4 Å². The summed E-state index contributed by atoms with van der Waals surface area (Å²) in [5.41, 5.74) is 7.96. The molecule has 0 spiro atoms. The monoisotopic (exact) mass is 306 g/mol. The van der Waals surface area contributed by atoms with Crippen molar-refractivity contribution >= 4 is 11.3 Å². The van der Waals surface area contributed by atoms with E-state index in [1.807, 2.05) is 32.0 Å². The molecule has 2 aromatic rings. The molecule has 0 unspecified atom stereocenters. The van der Waals surface area contributed by atoms with Crippen molar-refractivity contribution in [2.24, 2.45) is 5.73 Å². The lowest BCUT2D eigenvalue weighted by Gasteiger charge is -2.17. The van der Waals surface area contributed by atoms with Crippen LogP contribution in [0.1, 0.15) is 31.3 Å². The van der Waals surface area contributed by atoms with Crippen LogP contribution in [-0.2, 0) is 12.0 Å². The van der Waals surface area contributed by atoms with Gasteiger partial charge in [-0.2, -0.15) is 0 Å². The van der Waals surface area contributed by atoms with Crippen molar-refractivity contribution in [3.63, 3.8) is 0 Å². The van der Waals surface area contributed by atoms with Crippen LogP contribution in [0.25, 0.3) is 10.6 Å². The highest BCUT2D eigenvalue weighted by Gasteiger charge is 2.23. The number of hydrogen-bond donors (Lipinski definition) is 1. The Morgan fingerprint density at radius 3 is 2.33 bits per heavy atom. The van der Waals surface area contributed by atoms with Gasteiger partial charge in [0.1, 0.15) is 5.01 Å². The lowest BCUT2D eigenvalue weighted by atomic mass is 10.0. The van der Waals surface area contributed by atoms with Gasteiger partial charge in [0, 0.05) is 16.0 Å². The Kier molecular flexibility index (Phi) is 4.54. The first kappa shape index (κ1) is 15.8. The second-order valence-electron chi connectivity index (χ2n) is 5.44. The zero-order chi connectivity index (χ0) is 15.6. The van der Waals surface area contributed by atoms with Gasteiger partial charge in [-0.25, -0.2) is 4.98 Å². The third-order valence-electron chi connectivity index (χ3n) is 3.25. The largest absolute Gasteiger partial charge is 0.493 e. The van der Waals surface area contributed by atoms with Gasteiger partial charge in [-0.1, -0.05) is 6.92 Å². The summed E-state index contributed by atoms with van der Waals surface area (Å²) in [5.74, 6) is 1.42. The summed E-state index contributed by atoms with van der Waals surface area (Å²) >= 11 is 1.64. The highest BCUT2D eigenvalue weighted by Crippen LogP contribution is 2.37. The number of rotatable bonds is 5. The van der Waals surface area contributed by atoms with E-state index in [1.165, 1.54) is 0 Å². The molecule has 1 aromatic carbocycles. The number of benzene rings is 1. The average Bonchev–Trinajstić information content (AvgIpc) is 2.90. The molecule has 0 aliphatic carbocycles. The molecule has 0 aliphatic heterocycles. The molecule has 0 saturated heterocycles. The van der Waals surface area contributed by atoms with Gasteiger partial charge in [0.05, 0.1) is 19.9 Å². The number of methoxy groups -OCH3 is 2. The van der Waals surface area contributed by atoms with Gasteiger partial charge in [-0.3, -0.25) is 0 Å². The molecule has 21 heavy (non-hydrogen) atoms. The fourth-order valence-corrected chi connectivity index (χ4v) is 3.35. The predicted octanol–water partition coefficient (Wildman–Crippen LogP) is 3.58. The maximum atomic E-state index is 6.25. The van der Waals surface area contributed by atoms with E-state index in [-0.39, 0.29) is 5.54 Å². The van der Waals surface area contributed by atoms with E-state index in [0.29, 0.717) is 11.5 Å². The Bertz CT molecular complexity index is 630. The second kappa shape index (κ2) is 6.03. The summed E-state index contributed by atoms with van der Waals surface area (Å²) in [6.45, 7) is 6.12. The number of thiazole rings is 1. The minimum Gasteiger partial charge on any atom is -0.493 e. The van der Waals surface area contributed by atoms with Crippen LogP contribution in [0.4, 0.5) is 0 Å². The molecular weight excluding hydrogens is 284 g/mol. The predicted molar refractivity (Wildman–Crippen MR) is 87.2 cm³/mol. The van der Waals surface area contributed by atoms with Crippen molar-refractivity contribution in [1.29, 1.82) is 0 Å². The molecule has 0 bridgehead atoms. The smallest absolute Gasteiger partial charge is 0.161 e. The molecule has 0 radical (unpaired) electrons. The van der Waals surface area contributed by atoms with E-state index < -0.39 is 0 Å². The molecule has 1 aromatic heterocycles. The normalized spacial score (nSPS) is 11.5. The van der Waals surface area contributed by atoms with Gasteiger partial charge in [-0.05, 0) is 38.5 Å². The fraction of sp³-hybridized carbons (Fsp3) is 0.438. The summed E-state index contributed by atoms with van der Waals surface area (Å²) in [6.07, 6.45) is 0.875. The van der Waals surface area contributed by atoms with Crippen molar-refractivity contribution in [1.82, 2.24) is 4.98 Å². The molecular formula is C16H22N2O2S. The average molecular weight is 306 g/mol. The Balaban J connectivity index is 2.50. The van der Waals surface area contributed by atoms with Gasteiger partial charge in [0.15, 0.2) is 11.5 Å². The van der Waals surface area contributed by atoms with Crippen molar-refractivity contribution in [2.45, 2.75) is 32.7 Å². The van der Waals surface area contributed by atoms with Gasteiger partial charge in [-0.15, -0.1) is 11.3 Å². The minimum atomic E-state index is -0.377. The maximum absolute atomic E-state index is 6.25. The molecule has 0 saturated carbocycles. The zero-order valence-electron chi connectivity index (χ0n) is 13.2. The van der Waals surface area contributed by atoms with E-state index in [0.717, 1.165) is 27.6 Å². The number of nitrogens with two attached hydrogens (primary N) is 1. The van der Waals surface area contributed by atoms with Crippen molar-refractivity contribution in [2.75, 3.05) is 14.2 Å². The highest BCUT2D eigenvalue weighted by molar-refractivity contribution is 7.15. The number of nitrogens with zero attached hydrogens (tertiary/aromatic N) is 1. The first-order valence-electron chi connectivity index (χ1n) is 6.92. The molecule has 114 valence electrons. The molecule has 2 N–H and O–H groups in total. The van der Waals surface area contributed by atoms with E-state index in [2.05, 4.69) is 6.92 Å². The van der Waals surface area contributed by atoms with Crippen LogP contribution in [0.2, 0.25) is 0 Å². The van der Waals surface area contributed by atoms with Crippen LogP contribution in [0.3, 0.4) is 0 Å². The van der Waals surface area contributed by atoms with Gasteiger partial charge < -0.3 is 15.2 Å². The lowest BCUT2D eigenvalue weighted by molar-refractivity contribution is 0.355. The van der Waals surface area contributed by atoms with Crippen LogP contribution >= 0.6 is 11.3 Å². The number of aromatic nitrogens is 1. The quantitative estimate of drug-likeness (QED) is 0.917. The summed E-state index contributed by atoms with van der Waals surface area (Å²) in [6, 6.07) is 5.84. The van der Waals surface area contributed by atoms with Crippen LogP contribution < -0.4 is 15.2 Å². The number of aryl methyl sites for hydroxylation is 1. The van der Waals surface area contributed by atoms with Crippen molar-refractivity contribution in [3.05, 3.63) is 28.8 Å². The summed E-state index contributed by atoms with van der Waals surface area (Å²) < 4.78 is 10.6. The van der Waals surface area contributed by atoms with Gasteiger partial charge in [0.2, 0.25) is 0 Å². The van der Waals surface area contributed by atoms with Crippen LogP contribution in [0.15, 0.2) is 18.2 Å². The molecule has 0 fully saturated rings. The minimum absolute atomic E-state index is 0.377. The lowest BCUT2D eigenvalue weighted by Crippen LogP contribution is -2.28. The van der Waals surface area contributed by atoms with Crippen LogP contribution in [0, 0.1) is 0 Å². The van der Waals surface area contributed by atoms with Gasteiger partial charge >= 0.3 is 0 Å². The Hall–Kier alpha value is -1.59. The summed E-state index contributed by atoms with van der Waals surface area (Å²) in [7, 11) is 3.26. The van der Waals surface area contributed by atoms with Crippen LogP contribution in [0.5, 0.6) is 11.5 Å².